The summed E-state index contributed by atoms with van der Waals surface area (Å²) in [5.41, 5.74) is 3.82. The molecule has 1 atom stereocenters. The molecule has 0 radical (unpaired) electrons. The summed E-state index contributed by atoms with van der Waals surface area (Å²) in [7, 11) is -1.35. The minimum absolute atomic E-state index is 0.167. The van der Waals surface area contributed by atoms with E-state index in [0.29, 0.717) is 87.7 Å². The number of rotatable bonds is 15. The SMILES string of the molecule is COc1cc(C=C2C(=O)N(c3ccc(OS(=O)O)cc3)N=C2C)ccc1OCCCOc1ccc(C=C2C(=O)N(c3ccc(S(=O)(=O)O)cc3)N=C2C)cc1OC. The molecule has 4 aromatic carbocycles. The van der Waals surface area contributed by atoms with E-state index in [4.69, 9.17) is 27.7 Å². The van der Waals surface area contributed by atoms with E-state index in [1.807, 2.05) is 0 Å². The number of nitrogens with zero attached hydrogens (tertiary/aromatic N) is 4. The molecule has 0 aromatic heterocycles. The highest BCUT2D eigenvalue weighted by molar-refractivity contribution is 7.85. The molecule has 2 aliphatic rings. The zero-order valence-electron chi connectivity index (χ0n) is 30.9. The Kier molecular flexibility index (Phi) is 12.2. The summed E-state index contributed by atoms with van der Waals surface area (Å²) >= 11 is -2.46. The van der Waals surface area contributed by atoms with Gasteiger partial charge in [-0.1, -0.05) is 12.1 Å². The molecule has 2 heterocycles. The van der Waals surface area contributed by atoms with Crippen LogP contribution in [0.3, 0.4) is 0 Å². The first kappa shape index (κ1) is 40.3. The number of hydrazone groups is 2. The van der Waals surface area contributed by atoms with Crippen molar-refractivity contribution in [3.63, 3.8) is 0 Å². The number of ether oxygens (including phenoxy) is 4. The molecule has 0 fully saturated rings. The van der Waals surface area contributed by atoms with Crippen LogP contribution in [0.5, 0.6) is 28.7 Å². The fourth-order valence-electron chi connectivity index (χ4n) is 5.75. The number of carbonyl (C=O) groups excluding carboxylic acids is 2. The number of methoxy groups -OCH3 is 2. The van der Waals surface area contributed by atoms with Crippen LogP contribution in [-0.4, -0.2) is 72.4 Å². The van der Waals surface area contributed by atoms with E-state index >= 15 is 0 Å². The van der Waals surface area contributed by atoms with Crippen molar-refractivity contribution in [1.29, 1.82) is 0 Å². The zero-order valence-corrected chi connectivity index (χ0v) is 32.6. The Morgan fingerprint density at radius 2 is 1.12 bits per heavy atom. The van der Waals surface area contributed by atoms with Gasteiger partial charge >= 0.3 is 11.4 Å². The Balaban J connectivity index is 1.03. The smallest absolute Gasteiger partial charge is 0.357 e. The lowest BCUT2D eigenvalue weighted by Crippen LogP contribution is -2.21. The second kappa shape index (κ2) is 17.2. The molecule has 2 aliphatic heterocycles. The van der Waals surface area contributed by atoms with E-state index < -0.39 is 27.4 Å². The quantitative estimate of drug-likeness (QED) is 0.0621. The number of anilines is 2. The molecule has 57 heavy (non-hydrogen) atoms. The highest BCUT2D eigenvalue weighted by Crippen LogP contribution is 2.33. The van der Waals surface area contributed by atoms with Gasteiger partial charge in [-0.15, -0.1) is 0 Å². The van der Waals surface area contributed by atoms with Crippen LogP contribution in [0.2, 0.25) is 0 Å². The van der Waals surface area contributed by atoms with Gasteiger partial charge in [0.2, 0.25) is 0 Å². The largest absolute Gasteiger partial charge is 0.493 e. The van der Waals surface area contributed by atoms with Crippen molar-refractivity contribution in [2.75, 3.05) is 37.5 Å². The maximum Gasteiger partial charge on any atom is 0.357 e. The van der Waals surface area contributed by atoms with Gasteiger partial charge in [-0.2, -0.15) is 32.8 Å². The summed E-state index contributed by atoms with van der Waals surface area (Å²) in [4.78, 5) is 26.2. The monoisotopic (exact) mass is 816 g/mol. The van der Waals surface area contributed by atoms with E-state index in [2.05, 4.69) is 10.2 Å². The van der Waals surface area contributed by atoms with E-state index in [1.165, 1.54) is 55.6 Å². The summed E-state index contributed by atoms with van der Waals surface area (Å²) in [5, 5.41) is 11.1. The second-order valence-corrected chi connectivity index (χ2v) is 14.4. The molecule has 1 unspecified atom stereocenters. The third kappa shape index (κ3) is 9.38. The van der Waals surface area contributed by atoms with Gasteiger partial charge in [0.05, 0.1) is 66.3 Å². The summed E-state index contributed by atoms with van der Waals surface area (Å²) in [6, 6.07) is 21.7. The van der Waals surface area contributed by atoms with Crippen LogP contribution in [0, 0.1) is 0 Å². The third-order valence-electron chi connectivity index (χ3n) is 8.55. The van der Waals surface area contributed by atoms with Gasteiger partial charge in [0.1, 0.15) is 5.75 Å². The molecule has 0 saturated heterocycles. The van der Waals surface area contributed by atoms with Crippen LogP contribution in [-0.2, 0) is 31.1 Å². The molecule has 296 valence electrons. The van der Waals surface area contributed by atoms with Crippen molar-refractivity contribution in [2.45, 2.75) is 25.2 Å². The van der Waals surface area contributed by atoms with Gasteiger partial charge in [-0.05, 0) is 110 Å². The average Bonchev–Trinajstić information content (AvgIpc) is 3.63. The molecule has 0 spiro atoms. The van der Waals surface area contributed by atoms with Crippen molar-refractivity contribution in [3.8, 4) is 28.7 Å². The van der Waals surface area contributed by atoms with Gasteiger partial charge in [0.15, 0.2) is 23.0 Å². The number of amides is 2. The van der Waals surface area contributed by atoms with Crippen LogP contribution in [0.4, 0.5) is 11.4 Å². The highest BCUT2D eigenvalue weighted by Gasteiger charge is 2.30. The molecule has 4 aromatic rings. The third-order valence-corrected chi connectivity index (χ3v) is 9.76. The first-order chi connectivity index (χ1) is 27.2. The topological polar surface area (TPSA) is 203 Å². The van der Waals surface area contributed by atoms with Crippen molar-refractivity contribution in [2.24, 2.45) is 10.2 Å². The van der Waals surface area contributed by atoms with Crippen LogP contribution in [0.25, 0.3) is 12.2 Å². The van der Waals surface area contributed by atoms with Crippen molar-refractivity contribution < 1.29 is 54.5 Å². The average molecular weight is 817 g/mol. The summed E-state index contributed by atoms with van der Waals surface area (Å²) in [6.07, 6.45) is 3.89. The number of carbonyl (C=O) groups is 2. The Bertz CT molecular complexity index is 2460. The van der Waals surface area contributed by atoms with Gasteiger partial charge in [-0.25, -0.2) is 0 Å². The van der Waals surface area contributed by atoms with E-state index in [9.17, 15) is 26.8 Å². The predicted octanol–water partition coefficient (Wildman–Crippen LogP) is 5.93. The number of hydrogen-bond donors (Lipinski definition) is 2. The molecule has 18 heteroatoms. The van der Waals surface area contributed by atoms with Crippen LogP contribution in [0.15, 0.2) is 111 Å². The summed E-state index contributed by atoms with van der Waals surface area (Å²) in [5.74, 6) is 1.31. The molecule has 6 rings (SSSR count). The minimum Gasteiger partial charge on any atom is -0.493 e. The molecule has 2 amide bonds. The molecule has 0 bridgehead atoms. The van der Waals surface area contributed by atoms with E-state index in [1.54, 1.807) is 74.5 Å². The van der Waals surface area contributed by atoms with Gasteiger partial charge < -0.3 is 23.1 Å². The Labute approximate surface area is 330 Å². The fourth-order valence-corrected chi connectivity index (χ4v) is 6.50. The van der Waals surface area contributed by atoms with E-state index in [0.717, 1.165) is 5.01 Å². The zero-order chi connectivity index (χ0) is 40.9. The van der Waals surface area contributed by atoms with Gasteiger partial charge in [0.25, 0.3) is 21.9 Å². The van der Waals surface area contributed by atoms with Crippen LogP contribution in [0.1, 0.15) is 31.4 Å². The first-order valence-electron chi connectivity index (χ1n) is 17.1. The summed E-state index contributed by atoms with van der Waals surface area (Å²) < 4.78 is 79.6. The van der Waals surface area contributed by atoms with Crippen molar-refractivity contribution >= 4 is 68.2 Å². The van der Waals surface area contributed by atoms with Gasteiger partial charge in [0, 0.05) is 6.42 Å². The molecular formula is C39H36N4O12S2. The minimum atomic E-state index is -4.38. The lowest BCUT2D eigenvalue weighted by molar-refractivity contribution is -0.115. The van der Waals surface area contributed by atoms with Crippen LogP contribution < -0.4 is 33.1 Å². The normalized spacial score (nSPS) is 16.2. The number of benzene rings is 4. The van der Waals surface area contributed by atoms with E-state index in [-0.39, 0.29) is 16.6 Å². The molecular weight excluding hydrogens is 781 g/mol. The molecule has 2 N–H and O–H groups in total. The van der Waals surface area contributed by atoms with Gasteiger partial charge in [-0.3, -0.25) is 18.7 Å². The highest BCUT2D eigenvalue weighted by atomic mass is 32.2. The van der Waals surface area contributed by atoms with Crippen molar-refractivity contribution in [1.82, 2.24) is 0 Å². The number of hydrogen-bond acceptors (Lipinski definition) is 12. The lowest BCUT2D eigenvalue weighted by atomic mass is 10.1. The Morgan fingerprint density at radius 3 is 1.53 bits per heavy atom. The molecule has 16 nitrogen and oxygen atoms in total. The second-order valence-electron chi connectivity index (χ2n) is 12.4. The van der Waals surface area contributed by atoms with Crippen LogP contribution >= 0.6 is 0 Å². The first-order valence-corrected chi connectivity index (χ1v) is 19.5. The summed E-state index contributed by atoms with van der Waals surface area (Å²) in [6.45, 7) is 4.01. The fraction of sp³-hybridized carbons (Fsp3) is 0.179. The predicted molar refractivity (Wildman–Crippen MR) is 213 cm³/mol. The lowest BCUT2D eigenvalue weighted by Gasteiger charge is -2.14. The maximum atomic E-state index is 13.3. The Hall–Kier alpha value is -6.34. The molecule has 0 aliphatic carbocycles. The standard InChI is InChI=1S/C39H36N4O12S2/c1-24-32(38(44)42(40-24)28-8-12-30(13-9-28)55-56(46)47)20-26-6-16-34(36(22-26)51-3)53-18-5-19-54-35-17-7-27(23-37(35)52-4)21-33-25(2)41-43(39(33)45)29-10-14-31(15-11-29)57(48,49)50/h6-17,20-23H,5,18-19H2,1-4H3,(H,46,47)(H,48,49,50). The Morgan fingerprint density at radius 1 is 0.684 bits per heavy atom. The maximum absolute atomic E-state index is 13.3. The molecule has 0 saturated carbocycles. The van der Waals surface area contributed by atoms with Crippen molar-refractivity contribution in [3.05, 3.63) is 107 Å².